The van der Waals surface area contributed by atoms with Crippen molar-refractivity contribution in [3.05, 3.63) is 5.89 Å². The molecule has 0 saturated carbocycles. The summed E-state index contributed by atoms with van der Waals surface area (Å²) in [7, 11) is 0. The molecule has 2 aliphatic heterocycles. The topological polar surface area (TPSA) is 54.2 Å². The minimum absolute atomic E-state index is 0.0597. The van der Waals surface area contributed by atoms with Crippen LogP contribution in [0.3, 0.4) is 0 Å². The molecule has 0 spiro atoms. The highest BCUT2D eigenvalue weighted by Gasteiger charge is 2.40. The van der Waals surface area contributed by atoms with Crippen LogP contribution >= 0.6 is 0 Å². The molecule has 0 amide bonds. The monoisotopic (exact) mass is 264 g/mol. The van der Waals surface area contributed by atoms with Gasteiger partial charge in [0.2, 0.25) is 5.89 Å². The number of nitrogens with zero attached hydrogens (tertiary/aromatic N) is 3. The van der Waals surface area contributed by atoms with Crippen LogP contribution in [-0.2, 0) is 5.54 Å². The Morgan fingerprint density at radius 3 is 2.79 bits per heavy atom. The second kappa shape index (κ2) is 5.49. The number of nitrogens with one attached hydrogen (secondary N) is 1. The fourth-order valence-corrected chi connectivity index (χ4v) is 3.37. The maximum Gasteiger partial charge on any atom is 0.266 e. The van der Waals surface area contributed by atoms with Crippen LogP contribution in [0.25, 0.3) is 0 Å². The zero-order valence-electron chi connectivity index (χ0n) is 11.8. The second-order valence-electron chi connectivity index (χ2n) is 5.81. The van der Waals surface area contributed by atoms with Crippen molar-refractivity contribution in [3.63, 3.8) is 0 Å². The van der Waals surface area contributed by atoms with E-state index in [1.165, 1.54) is 25.7 Å². The van der Waals surface area contributed by atoms with Crippen molar-refractivity contribution in [3.8, 4) is 0 Å². The molecule has 2 saturated heterocycles. The minimum Gasteiger partial charge on any atom is -0.338 e. The highest BCUT2D eigenvalue weighted by Crippen LogP contribution is 2.35. The summed E-state index contributed by atoms with van der Waals surface area (Å²) in [6.07, 6.45) is 8.32. The van der Waals surface area contributed by atoms with Crippen LogP contribution in [0.15, 0.2) is 4.52 Å². The Morgan fingerprint density at radius 2 is 2.11 bits per heavy atom. The molecular weight excluding hydrogens is 240 g/mol. The smallest absolute Gasteiger partial charge is 0.266 e. The Bertz CT molecular complexity index is 405. The first-order chi connectivity index (χ1) is 9.34. The largest absolute Gasteiger partial charge is 0.338 e. The molecule has 0 aromatic carbocycles. The Hall–Kier alpha value is -1.10. The van der Waals surface area contributed by atoms with Gasteiger partial charge in [-0.25, -0.2) is 0 Å². The minimum atomic E-state index is -0.0597. The summed E-state index contributed by atoms with van der Waals surface area (Å²) in [5.74, 6) is 1.59. The van der Waals surface area contributed by atoms with Crippen molar-refractivity contribution in [2.75, 3.05) is 24.5 Å². The van der Waals surface area contributed by atoms with Crippen LogP contribution in [-0.4, -0.2) is 29.8 Å². The third-order valence-electron chi connectivity index (χ3n) is 4.38. The molecule has 5 nitrogen and oxygen atoms in total. The number of hydrogen-bond donors (Lipinski definition) is 1. The molecule has 0 bridgehead atoms. The molecule has 19 heavy (non-hydrogen) atoms. The van der Waals surface area contributed by atoms with Gasteiger partial charge in [0.1, 0.15) is 0 Å². The number of hydrogen-bond acceptors (Lipinski definition) is 5. The van der Waals surface area contributed by atoms with Gasteiger partial charge in [0, 0.05) is 13.1 Å². The van der Waals surface area contributed by atoms with Gasteiger partial charge in [-0.05, 0) is 50.2 Å². The van der Waals surface area contributed by atoms with Crippen molar-refractivity contribution >= 4 is 5.95 Å². The van der Waals surface area contributed by atoms with Gasteiger partial charge in [-0.15, -0.1) is 0 Å². The molecule has 3 rings (SSSR count). The van der Waals surface area contributed by atoms with Gasteiger partial charge < -0.3 is 14.7 Å². The average molecular weight is 264 g/mol. The summed E-state index contributed by atoms with van der Waals surface area (Å²) < 4.78 is 5.59. The summed E-state index contributed by atoms with van der Waals surface area (Å²) in [5.41, 5.74) is -0.0597. The molecule has 1 atom stereocenters. The summed E-state index contributed by atoms with van der Waals surface area (Å²) in [5, 5.41) is 7.80. The van der Waals surface area contributed by atoms with E-state index in [0.29, 0.717) is 0 Å². The number of rotatable bonds is 4. The molecule has 0 aliphatic carbocycles. The van der Waals surface area contributed by atoms with Gasteiger partial charge in [-0.1, -0.05) is 13.3 Å². The normalized spacial score (nSPS) is 27.9. The third kappa shape index (κ3) is 2.48. The Balaban J connectivity index is 1.79. The molecule has 1 N–H and O–H groups in total. The summed E-state index contributed by atoms with van der Waals surface area (Å²) in [4.78, 5) is 6.95. The quantitative estimate of drug-likeness (QED) is 0.905. The van der Waals surface area contributed by atoms with Crippen molar-refractivity contribution in [1.82, 2.24) is 15.5 Å². The summed E-state index contributed by atoms with van der Waals surface area (Å²) in [6, 6.07) is 0. The van der Waals surface area contributed by atoms with Gasteiger partial charge in [0.05, 0.1) is 5.54 Å². The van der Waals surface area contributed by atoms with Crippen LogP contribution < -0.4 is 10.2 Å². The van der Waals surface area contributed by atoms with Gasteiger partial charge >= 0.3 is 0 Å². The fraction of sp³-hybridized carbons (Fsp3) is 0.857. The van der Waals surface area contributed by atoms with Crippen molar-refractivity contribution in [2.24, 2.45) is 0 Å². The van der Waals surface area contributed by atoms with E-state index in [1.807, 2.05) is 0 Å². The zero-order chi connectivity index (χ0) is 13.1. The summed E-state index contributed by atoms with van der Waals surface area (Å²) in [6.45, 7) is 5.39. The highest BCUT2D eigenvalue weighted by atomic mass is 16.5. The van der Waals surface area contributed by atoms with E-state index in [1.54, 1.807) is 0 Å². The van der Waals surface area contributed by atoms with E-state index >= 15 is 0 Å². The van der Waals surface area contributed by atoms with Crippen LogP contribution in [0.4, 0.5) is 5.95 Å². The predicted octanol–water partition coefficient (Wildman–Crippen LogP) is 2.44. The Kier molecular flexibility index (Phi) is 3.73. The molecule has 1 unspecified atom stereocenters. The summed E-state index contributed by atoms with van der Waals surface area (Å²) >= 11 is 0. The van der Waals surface area contributed by atoms with E-state index in [4.69, 9.17) is 9.51 Å². The zero-order valence-corrected chi connectivity index (χ0v) is 11.8. The SMILES string of the molecule is CCCC1(c2nc(N3CCCCC3)no2)CCCN1. The first-order valence-corrected chi connectivity index (χ1v) is 7.68. The molecule has 0 radical (unpaired) electrons. The van der Waals surface area contributed by atoms with Crippen molar-refractivity contribution in [2.45, 2.75) is 57.4 Å². The van der Waals surface area contributed by atoms with Crippen LogP contribution in [0.2, 0.25) is 0 Å². The molecular formula is C14H24N4O. The fourth-order valence-electron chi connectivity index (χ4n) is 3.37. The lowest BCUT2D eigenvalue weighted by Gasteiger charge is -2.25. The molecule has 2 aliphatic rings. The number of aromatic nitrogens is 2. The van der Waals surface area contributed by atoms with Crippen molar-refractivity contribution < 1.29 is 4.52 Å². The van der Waals surface area contributed by atoms with Gasteiger partial charge in [0.15, 0.2) is 0 Å². The number of piperidine rings is 1. The maximum atomic E-state index is 5.59. The van der Waals surface area contributed by atoms with E-state index in [9.17, 15) is 0 Å². The Labute approximate surface area is 114 Å². The van der Waals surface area contributed by atoms with Crippen LogP contribution in [0.1, 0.15) is 57.8 Å². The highest BCUT2D eigenvalue weighted by molar-refractivity contribution is 5.29. The van der Waals surface area contributed by atoms with E-state index in [2.05, 4.69) is 22.3 Å². The standard InChI is InChI=1S/C14H24N4O/c1-2-7-14(8-6-9-15-14)12-16-13(17-19-12)18-10-4-3-5-11-18/h15H,2-11H2,1H3. The molecule has 2 fully saturated rings. The molecule has 3 heterocycles. The maximum absolute atomic E-state index is 5.59. The molecule has 5 heteroatoms. The van der Waals surface area contributed by atoms with Gasteiger partial charge in [-0.2, -0.15) is 4.98 Å². The second-order valence-corrected chi connectivity index (χ2v) is 5.81. The number of anilines is 1. The lowest BCUT2D eigenvalue weighted by molar-refractivity contribution is 0.241. The lowest BCUT2D eigenvalue weighted by atomic mass is 9.92. The lowest BCUT2D eigenvalue weighted by Crippen LogP contribution is -2.37. The average Bonchev–Trinajstić information content (AvgIpc) is 3.09. The first-order valence-electron chi connectivity index (χ1n) is 7.68. The van der Waals surface area contributed by atoms with E-state index in [-0.39, 0.29) is 5.54 Å². The third-order valence-corrected chi connectivity index (χ3v) is 4.38. The molecule has 1 aromatic heterocycles. The molecule has 106 valence electrons. The van der Waals surface area contributed by atoms with Gasteiger partial charge in [-0.3, -0.25) is 0 Å². The Morgan fingerprint density at radius 1 is 1.26 bits per heavy atom. The first kappa shape index (κ1) is 12.9. The van der Waals surface area contributed by atoms with Gasteiger partial charge in [0.25, 0.3) is 5.95 Å². The van der Waals surface area contributed by atoms with E-state index in [0.717, 1.165) is 50.7 Å². The predicted molar refractivity (Wildman–Crippen MR) is 74.2 cm³/mol. The van der Waals surface area contributed by atoms with Crippen molar-refractivity contribution in [1.29, 1.82) is 0 Å². The van der Waals surface area contributed by atoms with Crippen LogP contribution in [0.5, 0.6) is 0 Å². The molecule has 1 aromatic rings. The van der Waals surface area contributed by atoms with Crippen LogP contribution in [0, 0.1) is 0 Å². The van der Waals surface area contributed by atoms with E-state index < -0.39 is 0 Å².